The number of amides is 1. The zero-order valence-electron chi connectivity index (χ0n) is 13.5. The van der Waals surface area contributed by atoms with Gasteiger partial charge in [-0.15, -0.1) is 0 Å². The largest absolute Gasteiger partial charge is 0.366 e. The van der Waals surface area contributed by atoms with Gasteiger partial charge in [0.1, 0.15) is 11.9 Å². The third-order valence-corrected chi connectivity index (χ3v) is 4.71. The second kappa shape index (κ2) is 7.88. The van der Waals surface area contributed by atoms with Crippen molar-refractivity contribution in [2.24, 2.45) is 0 Å². The maximum Gasteiger partial charge on any atom is 0.250 e. The van der Waals surface area contributed by atoms with Crippen LogP contribution in [0, 0.1) is 5.82 Å². The molecule has 1 saturated carbocycles. The highest BCUT2D eigenvalue weighted by molar-refractivity contribution is 5.81. The van der Waals surface area contributed by atoms with Gasteiger partial charge in [-0.3, -0.25) is 9.69 Å². The van der Waals surface area contributed by atoms with E-state index in [1.54, 1.807) is 12.1 Å². The Hall–Kier alpha value is -1.46. The highest BCUT2D eigenvalue weighted by Gasteiger charge is 2.28. The zero-order chi connectivity index (χ0) is 16.1. The van der Waals surface area contributed by atoms with Gasteiger partial charge < -0.3 is 10.1 Å². The molecule has 4 nitrogen and oxygen atoms in total. The molecule has 23 heavy (non-hydrogen) atoms. The minimum Gasteiger partial charge on any atom is -0.366 e. The quantitative estimate of drug-likeness (QED) is 0.927. The van der Waals surface area contributed by atoms with Crippen molar-refractivity contribution in [2.45, 2.75) is 50.8 Å². The topological polar surface area (TPSA) is 41.6 Å². The highest BCUT2D eigenvalue weighted by atomic mass is 19.1. The first-order valence-corrected chi connectivity index (χ1v) is 8.59. The molecule has 0 radical (unpaired) electrons. The van der Waals surface area contributed by atoms with Crippen LogP contribution < -0.4 is 5.32 Å². The summed E-state index contributed by atoms with van der Waals surface area (Å²) in [5, 5.41) is 3.14. The average molecular weight is 320 g/mol. The van der Waals surface area contributed by atoms with Crippen molar-refractivity contribution in [1.29, 1.82) is 0 Å². The van der Waals surface area contributed by atoms with Gasteiger partial charge in [0, 0.05) is 25.7 Å². The van der Waals surface area contributed by atoms with Crippen molar-refractivity contribution in [2.75, 3.05) is 19.7 Å². The van der Waals surface area contributed by atoms with Gasteiger partial charge in [-0.25, -0.2) is 4.39 Å². The fourth-order valence-electron chi connectivity index (χ4n) is 3.39. The first-order valence-electron chi connectivity index (χ1n) is 8.59. The predicted molar refractivity (Wildman–Crippen MR) is 86.4 cm³/mol. The Morgan fingerprint density at radius 3 is 2.70 bits per heavy atom. The number of morpholine rings is 1. The summed E-state index contributed by atoms with van der Waals surface area (Å²) in [4.78, 5) is 14.6. The molecule has 3 rings (SSSR count). The molecular formula is C18H25FN2O2. The maximum atomic E-state index is 13.0. The minimum atomic E-state index is -0.397. The number of benzene rings is 1. The normalized spacial score (nSPS) is 23.6. The standard InChI is InChI=1S/C18H25FN2O2/c19-15-8-6-14(7-9-15)12-21-10-11-23-17(13-21)18(22)20-16-4-2-1-3-5-16/h6-9,16-17H,1-5,10-13H2,(H,20,22). The van der Waals surface area contributed by atoms with Crippen molar-refractivity contribution in [3.63, 3.8) is 0 Å². The molecule has 1 saturated heterocycles. The molecule has 1 aromatic carbocycles. The van der Waals surface area contributed by atoms with E-state index in [2.05, 4.69) is 10.2 Å². The van der Waals surface area contributed by atoms with E-state index in [4.69, 9.17) is 4.74 Å². The van der Waals surface area contributed by atoms with Crippen LogP contribution >= 0.6 is 0 Å². The number of halogens is 1. The molecule has 2 fully saturated rings. The van der Waals surface area contributed by atoms with Crippen LogP contribution in [0.5, 0.6) is 0 Å². The fourth-order valence-corrected chi connectivity index (χ4v) is 3.39. The number of carbonyl (C=O) groups excluding carboxylic acids is 1. The van der Waals surface area contributed by atoms with Crippen LogP contribution in [0.3, 0.4) is 0 Å². The summed E-state index contributed by atoms with van der Waals surface area (Å²) in [6, 6.07) is 6.85. The minimum absolute atomic E-state index is 0.0145. The van der Waals surface area contributed by atoms with Gasteiger partial charge in [-0.1, -0.05) is 31.4 Å². The van der Waals surface area contributed by atoms with E-state index in [1.165, 1.54) is 31.4 Å². The molecule has 1 aliphatic heterocycles. The molecule has 0 aromatic heterocycles. The van der Waals surface area contributed by atoms with Crippen LogP contribution in [0.4, 0.5) is 4.39 Å². The second-order valence-electron chi connectivity index (χ2n) is 6.56. The van der Waals surface area contributed by atoms with Crippen molar-refractivity contribution in [3.8, 4) is 0 Å². The van der Waals surface area contributed by atoms with Crippen LogP contribution in [-0.2, 0) is 16.1 Å². The Kier molecular flexibility index (Phi) is 5.62. The summed E-state index contributed by atoms with van der Waals surface area (Å²) < 4.78 is 18.6. The summed E-state index contributed by atoms with van der Waals surface area (Å²) in [6.07, 6.45) is 5.44. The predicted octanol–water partition coefficient (Wildman–Crippen LogP) is 2.48. The summed E-state index contributed by atoms with van der Waals surface area (Å²) >= 11 is 0. The Labute approximate surface area is 137 Å². The van der Waals surface area contributed by atoms with Gasteiger partial charge >= 0.3 is 0 Å². The summed E-state index contributed by atoms with van der Waals surface area (Å²) in [6.45, 7) is 2.67. The van der Waals surface area contributed by atoms with E-state index in [9.17, 15) is 9.18 Å². The maximum absolute atomic E-state index is 13.0. The third-order valence-electron chi connectivity index (χ3n) is 4.71. The molecule has 1 aliphatic carbocycles. The molecule has 1 unspecified atom stereocenters. The van der Waals surface area contributed by atoms with Crippen molar-refractivity contribution in [3.05, 3.63) is 35.6 Å². The lowest BCUT2D eigenvalue weighted by molar-refractivity contribution is -0.139. The van der Waals surface area contributed by atoms with E-state index in [0.717, 1.165) is 31.5 Å². The van der Waals surface area contributed by atoms with Crippen LogP contribution in [0.15, 0.2) is 24.3 Å². The van der Waals surface area contributed by atoms with Gasteiger partial charge in [0.15, 0.2) is 0 Å². The van der Waals surface area contributed by atoms with Crippen molar-refractivity contribution in [1.82, 2.24) is 10.2 Å². The molecule has 0 bridgehead atoms. The Morgan fingerprint density at radius 2 is 1.96 bits per heavy atom. The number of nitrogens with one attached hydrogen (secondary N) is 1. The van der Waals surface area contributed by atoms with E-state index in [-0.39, 0.29) is 11.7 Å². The number of carbonyl (C=O) groups is 1. The summed E-state index contributed by atoms with van der Waals surface area (Å²) in [7, 11) is 0. The number of hydrogen-bond donors (Lipinski definition) is 1. The fraction of sp³-hybridized carbons (Fsp3) is 0.611. The van der Waals surface area contributed by atoms with Crippen molar-refractivity contribution < 1.29 is 13.9 Å². The van der Waals surface area contributed by atoms with Crippen LogP contribution in [0.1, 0.15) is 37.7 Å². The van der Waals surface area contributed by atoms with E-state index in [0.29, 0.717) is 19.2 Å². The molecule has 1 atom stereocenters. The van der Waals surface area contributed by atoms with Gasteiger partial charge in [0.2, 0.25) is 0 Å². The highest BCUT2D eigenvalue weighted by Crippen LogP contribution is 2.18. The van der Waals surface area contributed by atoms with E-state index in [1.807, 2.05) is 0 Å². The Balaban J connectivity index is 1.50. The van der Waals surface area contributed by atoms with Gasteiger partial charge in [-0.05, 0) is 30.5 Å². The van der Waals surface area contributed by atoms with E-state index < -0.39 is 6.10 Å². The Bertz CT molecular complexity index is 514. The van der Waals surface area contributed by atoms with Crippen LogP contribution in [-0.4, -0.2) is 42.6 Å². The summed E-state index contributed by atoms with van der Waals surface area (Å²) in [5.74, 6) is -0.207. The number of rotatable bonds is 4. The molecule has 1 amide bonds. The monoisotopic (exact) mass is 320 g/mol. The first kappa shape index (κ1) is 16.4. The lowest BCUT2D eigenvalue weighted by atomic mass is 9.95. The molecule has 1 heterocycles. The number of ether oxygens (including phenoxy) is 1. The van der Waals surface area contributed by atoms with Gasteiger partial charge in [-0.2, -0.15) is 0 Å². The number of hydrogen-bond acceptors (Lipinski definition) is 3. The lowest BCUT2D eigenvalue weighted by Crippen LogP contribution is -2.51. The molecule has 2 aliphatic rings. The molecular weight excluding hydrogens is 295 g/mol. The third kappa shape index (κ3) is 4.75. The lowest BCUT2D eigenvalue weighted by Gasteiger charge is -2.33. The molecule has 0 spiro atoms. The van der Waals surface area contributed by atoms with Gasteiger partial charge in [0.25, 0.3) is 5.91 Å². The van der Waals surface area contributed by atoms with Gasteiger partial charge in [0.05, 0.1) is 6.61 Å². The molecule has 1 N–H and O–H groups in total. The molecule has 126 valence electrons. The van der Waals surface area contributed by atoms with Crippen molar-refractivity contribution >= 4 is 5.91 Å². The first-order chi connectivity index (χ1) is 11.2. The van der Waals surface area contributed by atoms with Crippen LogP contribution in [0.25, 0.3) is 0 Å². The van der Waals surface area contributed by atoms with E-state index >= 15 is 0 Å². The Morgan fingerprint density at radius 1 is 1.22 bits per heavy atom. The smallest absolute Gasteiger partial charge is 0.250 e. The number of nitrogens with zero attached hydrogens (tertiary/aromatic N) is 1. The average Bonchev–Trinajstić information content (AvgIpc) is 2.58. The zero-order valence-corrected chi connectivity index (χ0v) is 13.5. The SMILES string of the molecule is O=C(NC1CCCCC1)C1CN(Cc2ccc(F)cc2)CCO1. The summed E-state index contributed by atoms with van der Waals surface area (Å²) in [5.41, 5.74) is 1.06. The molecule has 1 aromatic rings. The second-order valence-corrected chi connectivity index (χ2v) is 6.56. The molecule has 5 heteroatoms. The van der Waals surface area contributed by atoms with Crippen LogP contribution in [0.2, 0.25) is 0 Å².